The van der Waals surface area contributed by atoms with Gasteiger partial charge in [0, 0.05) is 0 Å². The Morgan fingerprint density at radius 3 is 2.55 bits per heavy atom. The lowest BCUT2D eigenvalue weighted by molar-refractivity contribution is 0.499. The molecule has 66 valence electrons. The number of hydrogen-bond donors (Lipinski definition) is 1. The molecule has 0 aliphatic carbocycles. The van der Waals surface area contributed by atoms with Crippen molar-refractivity contribution in [3.63, 3.8) is 0 Å². The Hall–Kier alpha value is -0.0700. The summed E-state index contributed by atoms with van der Waals surface area (Å²) in [4.78, 5) is 3.63. The fourth-order valence-electron chi connectivity index (χ4n) is 0.478. The SMILES string of the molecule is CCC(N=CS(=O)(=O)O)SC. The van der Waals surface area contributed by atoms with Crippen LogP contribution in [0.15, 0.2) is 4.99 Å². The zero-order valence-corrected chi connectivity index (χ0v) is 8.02. The third-order valence-electron chi connectivity index (χ3n) is 0.982. The van der Waals surface area contributed by atoms with Gasteiger partial charge in [-0.1, -0.05) is 6.92 Å². The highest BCUT2D eigenvalue weighted by Gasteiger charge is 2.02. The van der Waals surface area contributed by atoms with E-state index in [1.165, 1.54) is 11.8 Å². The molecule has 4 nitrogen and oxygen atoms in total. The fourth-order valence-corrected chi connectivity index (χ4v) is 1.37. The van der Waals surface area contributed by atoms with Gasteiger partial charge in [-0.15, -0.1) is 11.8 Å². The summed E-state index contributed by atoms with van der Waals surface area (Å²) >= 11 is 1.44. The molecule has 0 saturated carbocycles. The number of rotatable bonds is 4. The minimum atomic E-state index is -4.04. The van der Waals surface area contributed by atoms with Gasteiger partial charge in [0.1, 0.15) is 5.55 Å². The molecule has 0 spiro atoms. The van der Waals surface area contributed by atoms with Gasteiger partial charge in [0.05, 0.1) is 5.37 Å². The summed E-state index contributed by atoms with van der Waals surface area (Å²) in [6.07, 6.45) is 2.57. The molecular weight excluding hydrogens is 186 g/mol. The van der Waals surface area contributed by atoms with E-state index in [0.717, 1.165) is 6.42 Å². The normalized spacial score (nSPS) is 15.5. The smallest absolute Gasteiger partial charge is 0.281 e. The first kappa shape index (κ1) is 10.9. The molecule has 0 saturated heterocycles. The van der Waals surface area contributed by atoms with E-state index in [-0.39, 0.29) is 5.37 Å². The van der Waals surface area contributed by atoms with Crippen molar-refractivity contribution in [2.24, 2.45) is 4.99 Å². The quantitative estimate of drug-likeness (QED) is 0.415. The monoisotopic (exact) mass is 197 g/mol. The Kier molecular flexibility index (Phi) is 4.71. The third-order valence-corrected chi connectivity index (χ3v) is 2.37. The largest absolute Gasteiger partial charge is 0.304 e. The van der Waals surface area contributed by atoms with Gasteiger partial charge in [-0.05, 0) is 12.7 Å². The number of thioether (sulfide) groups is 1. The first-order valence-corrected chi connectivity index (χ1v) is 5.82. The van der Waals surface area contributed by atoms with Gasteiger partial charge >= 0.3 is 10.1 Å². The van der Waals surface area contributed by atoms with Crippen molar-refractivity contribution >= 4 is 27.4 Å². The molecule has 1 atom stereocenters. The van der Waals surface area contributed by atoms with Crippen LogP contribution < -0.4 is 0 Å². The molecule has 6 heteroatoms. The Morgan fingerprint density at radius 2 is 2.27 bits per heavy atom. The maximum absolute atomic E-state index is 10.2. The van der Waals surface area contributed by atoms with Gasteiger partial charge < -0.3 is 0 Å². The lowest BCUT2D eigenvalue weighted by atomic mass is 10.5. The Bertz CT molecular complexity index is 218. The van der Waals surface area contributed by atoms with Crippen LogP contribution in [0.3, 0.4) is 0 Å². The van der Waals surface area contributed by atoms with Crippen molar-refractivity contribution < 1.29 is 13.0 Å². The van der Waals surface area contributed by atoms with E-state index >= 15 is 0 Å². The van der Waals surface area contributed by atoms with Crippen LogP contribution in [-0.4, -0.2) is 30.1 Å². The highest BCUT2D eigenvalue weighted by molar-refractivity contribution is 8.00. The van der Waals surface area contributed by atoms with Gasteiger partial charge in [0.2, 0.25) is 0 Å². The summed E-state index contributed by atoms with van der Waals surface area (Å²) in [5.74, 6) is 0. The Morgan fingerprint density at radius 1 is 1.73 bits per heavy atom. The lowest BCUT2D eigenvalue weighted by Crippen LogP contribution is -2.02. The van der Waals surface area contributed by atoms with Gasteiger partial charge in [-0.3, -0.25) is 9.55 Å². The Balaban J connectivity index is 4.11. The topological polar surface area (TPSA) is 66.7 Å². The second-order valence-corrected chi connectivity index (χ2v) is 4.12. The van der Waals surface area contributed by atoms with Crippen molar-refractivity contribution in [1.29, 1.82) is 0 Å². The zero-order valence-electron chi connectivity index (χ0n) is 6.39. The van der Waals surface area contributed by atoms with Gasteiger partial charge in [-0.25, -0.2) is 0 Å². The molecule has 0 bridgehead atoms. The summed E-state index contributed by atoms with van der Waals surface area (Å²) in [7, 11) is -4.04. The molecule has 1 unspecified atom stereocenters. The van der Waals surface area contributed by atoms with Crippen LogP contribution >= 0.6 is 11.8 Å². The minimum Gasteiger partial charge on any atom is -0.281 e. The minimum absolute atomic E-state index is 0.0862. The zero-order chi connectivity index (χ0) is 8.91. The third kappa shape index (κ3) is 6.33. The molecule has 0 aliphatic heterocycles. The standard InChI is InChI=1S/C5H11NO3S2/c1-3-5(10-2)6-4-11(7,8)9/h4-5H,3H2,1-2H3,(H,7,8,9). The van der Waals surface area contributed by atoms with Crippen LogP contribution in [-0.2, 0) is 10.1 Å². The van der Waals surface area contributed by atoms with E-state index in [1.54, 1.807) is 0 Å². The highest BCUT2D eigenvalue weighted by Crippen LogP contribution is 2.10. The molecule has 0 radical (unpaired) electrons. The first-order chi connectivity index (χ1) is 4.99. The molecule has 0 aromatic carbocycles. The molecule has 0 aliphatic rings. The second kappa shape index (κ2) is 4.74. The van der Waals surface area contributed by atoms with E-state index in [4.69, 9.17) is 4.55 Å². The van der Waals surface area contributed by atoms with Crippen molar-refractivity contribution in [2.75, 3.05) is 6.26 Å². The fraction of sp³-hybridized carbons (Fsp3) is 0.800. The average molecular weight is 197 g/mol. The van der Waals surface area contributed by atoms with Gasteiger partial charge in [-0.2, -0.15) is 8.42 Å². The van der Waals surface area contributed by atoms with Gasteiger partial charge in [0.25, 0.3) is 0 Å². The van der Waals surface area contributed by atoms with Gasteiger partial charge in [0.15, 0.2) is 0 Å². The predicted molar refractivity (Wildman–Crippen MR) is 47.6 cm³/mol. The lowest BCUT2D eigenvalue weighted by Gasteiger charge is -2.02. The molecule has 11 heavy (non-hydrogen) atoms. The Labute approximate surface area is 70.8 Å². The van der Waals surface area contributed by atoms with Crippen LogP contribution in [0.4, 0.5) is 0 Å². The van der Waals surface area contributed by atoms with Crippen LogP contribution in [0.25, 0.3) is 0 Å². The van der Waals surface area contributed by atoms with Crippen molar-refractivity contribution in [1.82, 2.24) is 0 Å². The predicted octanol–water partition coefficient (Wildman–Crippen LogP) is 1.00. The number of hydrogen-bond acceptors (Lipinski definition) is 4. The molecular formula is C5H11NO3S2. The molecule has 1 N–H and O–H groups in total. The van der Waals surface area contributed by atoms with Crippen LogP contribution in [0, 0.1) is 0 Å². The molecule has 0 fully saturated rings. The van der Waals surface area contributed by atoms with E-state index in [9.17, 15) is 8.42 Å². The van der Waals surface area contributed by atoms with Crippen molar-refractivity contribution in [2.45, 2.75) is 18.7 Å². The summed E-state index contributed by atoms with van der Waals surface area (Å²) in [5.41, 5.74) is 0.581. The summed E-state index contributed by atoms with van der Waals surface area (Å²) in [6.45, 7) is 1.89. The van der Waals surface area contributed by atoms with Crippen LogP contribution in [0.2, 0.25) is 0 Å². The molecule has 0 rings (SSSR count). The molecule has 0 heterocycles. The van der Waals surface area contributed by atoms with E-state index in [2.05, 4.69) is 4.99 Å². The maximum atomic E-state index is 10.2. The van der Waals surface area contributed by atoms with Crippen molar-refractivity contribution in [3.05, 3.63) is 0 Å². The number of aliphatic imine (C=N–C) groups is 1. The van der Waals surface area contributed by atoms with Crippen LogP contribution in [0.5, 0.6) is 0 Å². The maximum Gasteiger partial charge on any atom is 0.304 e. The highest BCUT2D eigenvalue weighted by atomic mass is 32.2. The molecule has 0 aromatic rings. The van der Waals surface area contributed by atoms with Crippen LogP contribution in [0.1, 0.15) is 13.3 Å². The second-order valence-electron chi connectivity index (χ2n) is 1.87. The summed E-state index contributed by atoms with van der Waals surface area (Å²) in [6, 6.07) is 0. The van der Waals surface area contributed by atoms with Crippen molar-refractivity contribution in [3.8, 4) is 0 Å². The summed E-state index contributed by atoms with van der Waals surface area (Å²) < 4.78 is 28.6. The van der Waals surface area contributed by atoms with E-state index < -0.39 is 10.1 Å². The summed E-state index contributed by atoms with van der Waals surface area (Å²) in [5, 5.41) is -0.0862. The van der Waals surface area contributed by atoms with E-state index in [0.29, 0.717) is 5.55 Å². The number of nitrogens with zero attached hydrogens (tertiary/aromatic N) is 1. The van der Waals surface area contributed by atoms with E-state index in [1.807, 2.05) is 13.2 Å². The molecule has 0 aromatic heterocycles. The first-order valence-electron chi connectivity index (χ1n) is 3.03. The average Bonchev–Trinajstić information content (AvgIpc) is 1.88. The molecule has 0 amide bonds.